The van der Waals surface area contributed by atoms with Crippen molar-refractivity contribution in [2.45, 2.75) is 39.3 Å². The van der Waals surface area contributed by atoms with Crippen molar-refractivity contribution in [1.82, 2.24) is 10.2 Å². The van der Waals surface area contributed by atoms with Crippen molar-refractivity contribution in [2.24, 2.45) is 0 Å². The molecule has 7 heteroatoms. The molecule has 0 saturated carbocycles. The third kappa shape index (κ3) is 6.76. The molecule has 0 radical (unpaired) electrons. The molecule has 0 heterocycles. The van der Waals surface area contributed by atoms with Gasteiger partial charge >= 0.3 is 0 Å². The maximum atomic E-state index is 13.1. The SMILES string of the molecule is CCCNC(=O)[C@@H](CC)N(Cc1cccc(OC)c1)C(=O)COc1ccc(F)cc1. The van der Waals surface area contributed by atoms with Crippen LogP contribution in [0.1, 0.15) is 32.3 Å². The zero-order chi connectivity index (χ0) is 21.9. The number of benzene rings is 2. The van der Waals surface area contributed by atoms with Gasteiger partial charge in [0.15, 0.2) is 6.61 Å². The van der Waals surface area contributed by atoms with Crippen LogP contribution in [-0.2, 0) is 16.1 Å². The van der Waals surface area contributed by atoms with Gasteiger partial charge in [0.2, 0.25) is 5.91 Å². The summed E-state index contributed by atoms with van der Waals surface area (Å²) in [5.74, 6) is 0.144. The zero-order valence-corrected chi connectivity index (χ0v) is 17.7. The Morgan fingerprint density at radius 2 is 1.83 bits per heavy atom. The molecule has 0 aliphatic heterocycles. The average molecular weight is 416 g/mol. The first-order valence-electron chi connectivity index (χ1n) is 10.1. The van der Waals surface area contributed by atoms with Gasteiger partial charge in [0.1, 0.15) is 23.4 Å². The minimum absolute atomic E-state index is 0.197. The summed E-state index contributed by atoms with van der Waals surface area (Å²) in [7, 11) is 1.58. The molecule has 1 atom stereocenters. The molecule has 0 unspecified atom stereocenters. The molecule has 162 valence electrons. The lowest BCUT2D eigenvalue weighted by Crippen LogP contribution is -2.50. The predicted octanol–water partition coefficient (Wildman–Crippen LogP) is 3.55. The third-order valence-corrected chi connectivity index (χ3v) is 4.60. The number of carbonyl (C=O) groups excluding carboxylic acids is 2. The first-order chi connectivity index (χ1) is 14.5. The molecule has 0 saturated heterocycles. The molecule has 0 spiro atoms. The van der Waals surface area contributed by atoms with Gasteiger partial charge in [-0.3, -0.25) is 9.59 Å². The van der Waals surface area contributed by atoms with E-state index in [0.29, 0.717) is 24.5 Å². The Balaban J connectivity index is 2.20. The molecular weight excluding hydrogens is 387 g/mol. The molecule has 2 aromatic rings. The second-order valence-corrected chi connectivity index (χ2v) is 6.83. The van der Waals surface area contributed by atoms with E-state index < -0.39 is 6.04 Å². The van der Waals surface area contributed by atoms with E-state index in [-0.39, 0.29) is 30.8 Å². The Hall–Kier alpha value is -3.09. The van der Waals surface area contributed by atoms with E-state index >= 15 is 0 Å². The van der Waals surface area contributed by atoms with Gasteiger partial charge in [-0.1, -0.05) is 26.0 Å². The molecule has 0 bridgehead atoms. The summed E-state index contributed by atoms with van der Waals surface area (Å²) in [6.45, 7) is 4.36. The summed E-state index contributed by atoms with van der Waals surface area (Å²) in [4.78, 5) is 27.2. The smallest absolute Gasteiger partial charge is 0.261 e. The molecular formula is C23H29FN2O4. The summed E-state index contributed by atoms with van der Waals surface area (Å²) in [6.07, 6.45) is 1.27. The van der Waals surface area contributed by atoms with Gasteiger partial charge in [-0.25, -0.2) is 4.39 Å². The zero-order valence-electron chi connectivity index (χ0n) is 17.7. The van der Waals surface area contributed by atoms with Crippen LogP contribution in [0, 0.1) is 5.82 Å². The van der Waals surface area contributed by atoms with Gasteiger partial charge in [0.25, 0.3) is 5.91 Å². The fourth-order valence-corrected chi connectivity index (χ4v) is 3.01. The van der Waals surface area contributed by atoms with E-state index in [9.17, 15) is 14.0 Å². The molecule has 0 fully saturated rings. The van der Waals surface area contributed by atoms with E-state index in [1.807, 2.05) is 38.1 Å². The Morgan fingerprint density at radius 3 is 2.47 bits per heavy atom. The summed E-state index contributed by atoms with van der Waals surface area (Å²) in [6, 6.07) is 12.2. The number of methoxy groups -OCH3 is 1. The number of nitrogens with zero attached hydrogens (tertiary/aromatic N) is 1. The van der Waals surface area contributed by atoms with E-state index in [4.69, 9.17) is 9.47 Å². The van der Waals surface area contributed by atoms with Crippen molar-refractivity contribution in [3.8, 4) is 11.5 Å². The third-order valence-electron chi connectivity index (χ3n) is 4.60. The molecule has 0 aromatic heterocycles. The van der Waals surface area contributed by atoms with Crippen LogP contribution >= 0.6 is 0 Å². The first kappa shape index (κ1) is 23.2. The number of amides is 2. The van der Waals surface area contributed by atoms with Gasteiger partial charge in [0.05, 0.1) is 7.11 Å². The molecule has 0 aliphatic carbocycles. The quantitative estimate of drug-likeness (QED) is 0.608. The molecule has 2 rings (SSSR count). The van der Waals surface area contributed by atoms with Crippen LogP contribution in [0.5, 0.6) is 11.5 Å². The van der Waals surface area contributed by atoms with Gasteiger partial charge < -0.3 is 19.7 Å². The minimum Gasteiger partial charge on any atom is -0.497 e. The summed E-state index contributed by atoms with van der Waals surface area (Å²) >= 11 is 0. The number of carbonyl (C=O) groups is 2. The summed E-state index contributed by atoms with van der Waals surface area (Å²) in [5, 5.41) is 2.87. The van der Waals surface area contributed by atoms with E-state index in [1.54, 1.807) is 7.11 Å². The minimum atomic E-state index is -0.632. The van der Waals surface area contributed by atoms with Gasteiger partial charge in [0, 0.05) is 13.1 Å². The Morgan fingerprint density at radius 1 is 1.10 bits per heavy atom. The lowest BCUT2D eigenvalue weighted by Gasteiger charge is -2.30. The van der Waals surface area contributed by atoms with Crippen molar-refractivity contribution in [3.05, 3.63) is 59.9 Å². The highest BCUT2D eigenvalue weighted by Gasteiger charge is 2.28. The van der Waals surface area contributed by atoms with Crippen LogP contribution in [0.15, 0.2) is 48.5 Å². The lowest BCUT2D eigenvalue weighted by molar-refractivity contribution is -0.143. The predicted molar refractivity (Wildman–Crippen MR) is 113 cm³/mol. The van der Waals surface area contributed by atoms with Crippen molar-refractivity contribution in [2.75, 3.05) is 20.3 Å². The number of nitrogens with one attached hydrogen (secondary N) is 1. The van der Waals surface area contributed by atoms with Gasteiger partial charge in [-0.2, -0.15) is 0 Å². The average Bonchev–Trinajstić information content (AvgIpc) is 2.77. The van der Waals surface area contributed by atoms with Gasteiger partial charge in [-0.15, -0.1) is 0 Å². The second-order valence-electron chi connectivity index (χ2n) is 6.83. The van der Waals surface area contributed by atoms with E-state index in [0.717, 1.165) is 12.0 Å². The van der Waals surface area contributed by atoms with Crippen molar-refractivity contribution in [3.63, 3.8) is 0 Å². The van der Waals surface area contributed by atoms with Crippen molar-refractivity contribution >= 4 is 11.8 Å². The maximum Gasteiger partial charge on any atom is 0.261 e. The van der Waals surface area contributed by atoms with Crippen LogP contribution in [0.2, 0.25) is 0 Å². The second kappa shape index (κ2) is 11.8. The standard InChI is InChI=1S/C23H29FN2O4/c1-4-13-25-23(28)21(5-2)26(15-17-7-6-8-20(14-17)29-3)22(27)16-30-19-11-9-18(24)10-12-19/h6-12,14,21H,4-5,13,15-16H2,1-3H3,(H,25,28)/t21-/m1/s1. The molecule has 0 aliphatic rings. The Bertz CT molecular complexity index is 826. The Kier molecular flexibility index (Phi) is 9.12. The molecule has 6 nitrogen and oxygen atoms in total. The monoisotopic (exact) mass is 416 g/mol. The highest BCUT2D eigenvalue weighted by molar-refractivity contribution is 5.88. The van der Waals surface area contributed by atoms with E-state index in [1.165, 1.54) is 29.2 Å². The fraction of sp³-hybridized carbons (Fsp3) is 0.391. The largest absolute Gasteiger partial charge is 0.497 e. The van der Waals surface area contributed by atoms with Crippen LogP contribution < -0.4 is 14.8 Å². The maximum absolute atomic E-state index is 13.1. The van der Waals surface area contributed by atoms with Crippen LogP contribution in [-0.4, -0.2) is 43.0 Å². The lowest BCUT2D eigenvalue weighted by atomic mass is 10.1. The number of hydrogen-bond donors (Lipinski definition) is 1. The van der Waals surface area contributed by atoms with Crippen molar-refractivity contribution < 1.29 is 23.5 Å². The summed E-state index contributed by atoms with van der Waals surface area (Å²) < 4.78 is 23.9. The molecule has 2 amide bonds. The van der Waals surface area contributed by atoms with E-state index in [2.05, 4.69) is 5.32 Å². The number of rotatable bonds is 11. The van der Waals surface area contributed by atoms with Crippen LogP contribution in [0.4, 0.5) is 4.39 Å². The topological polar surface area (TPSA) is 67.9 Å². The number of hydrogen-bond acceptors (Lipinski definition) is 4. The number of halogens is 1. The molecule has 2 aromatic carbocycles. The Labute approximate surface area is 177 Å². The summed E-state index contributed by atoms with van der Waals surface area (Å²) in [5.41, 5.74) is 0.839. The highest BCUT2D eigenvalue weighted by Crippen LogP contribution is 2.18. The van der Waals surface area contributed by atoms with Gasteiger partial charge in [-0.05, 0) is 54.8 Å². The van der Waals surface area contributed by atoms with Crippen LogP contribution in [0.3, 0.4) is 0 Å². The molecule has 1 N–H and O–H groups in total. The van der Waals surface area contributed by atoms with Crippen molar-refractivity contribution in [1.29, 1.82) is 0 Å². The highest BCUT2D eigenvalue weighted by atomic mass is 19.1. The number of ether oxygens (including phenoxy) is 2. The van der Waals surface area contributed by atoms with Crippen LogP contribution in [0.25, 0.3) is 0 Å². The first-order valence-corrected chi connectivity index (χ1v) is 10.1. The molecule has 30 heavy (non-hydrogen) atoms. The normalized spacial score (nSPS) is 11.5. The fourth-order valence-electron chi connectivity index (χ4n) is 3.01.